The van der Waals surface area contributed by atoms with Crippen molar-refractivity contribution in [3.05, 3.63) is 35.4 Å². The Hall–Kier alpha value is -0.990. The SMILES string of the molecule is CCCCC(F)c1ccc(C(F)F)cc1. The Morgan fingerprint density at radius 3 is 2.00 bits per heavy atom. The van der Waals surface area contributed by atoms with Gasteiger partial charge in [0.25, 0.3) is 6.43 Å². The molecule has 0 aromatic heterocycles. The van der Waals surface area contributed by atoms with Crippen molar-refractivity contribution >= 4 is 0 Å². The van der Waals surface area contributed by atoms with Crippen LogP contribution < -0.4 is 0 Å². The molecule has 0 fully saturated rings. The van der Waals surface area contributed by atoms with Crippen LogP contribution in [0.1, 0.15) is 49.9 Å². The van der Waals surface area contributed by atoms with Crippen LogP contribution in [0, 0.1) is 0 Å². The normalized spacial score (nSPS) is 13.1. The van der Waals surface area contributed by atoms with E-state index < -0.39 is 12.6 Å². The molecule has 0 N–H and O–H groups in total. The summed E-state index contributed by atoms with van der Waals surface area (Å²) in [5.41, 5.74) is 0.439. The van der Waals surface area contributed by atoms with Gasteiger partial charge in [0, 0.05) is 5.56 Å². The molecule has 1 aromatic carbocycles. The van der Waals surface area contributed by atoms with Crippen molar-refractivity contribution in [1.29, 1.82) is 0 Å². The van der Waals surface area contributed by atoms with Gasteiger partial charge in [-0.25, -0.2) is 13.2 Å². The van der Waals surface area contributed by atoms with E-state index >= 15 is 0 Å². The molecular weight excluding hydrogens is 201 g/mol. The fraction of sp³-hybridized carbons (Fsp3) is 0.500. The van der Waals surface area contributed by atoms with E-state index in [-0.39, 0.29) is 5.56 Å². The van der Waals surface area contributed by atoms with Gasteiger partial charge in [0.1, 0.15) is 6.17 Å². The van der Waals surface area contributed by atoms with Crippen molar-refractivity contribution < 1.29 is 13.2 Å². The highest BCUT2D eigenvalue weighted by Crippen LogP contribution is 2.26. The van der Waals surface area contributed by atoms with Crippen LogP contribution in [-0.2, 0) is 0 Å². The number of hydrogen-bond acceptors (Lipinski definition) is 0. The first-order valence-corrected chi connectivity index (χ1v) is 5.17. The van der Waals surface area contributed by atoms with E-state index in [9.17, 15) is 13.2 Å². The van der Waals surface area contributed by atoms with Gasteiger partial charge in [-0.1, -0.05) is 44.0 Å². The van der Waals surface area contributed by atoms with E-state index in [2.05, 4.69) is 0 Å². The first-order valence-electron chi connectivity index (χ1n) is 5.17. The van der Waals surface area contributed by atoms with Gasteiger partial charge in [0.05, 0.1) is 0 Å². The Labute approximate surface area is 88.1 Å². The Morgan fingerprint density at radius 2 is 1.53 bits per heavy atom. The topological polar surface area (TPSA) is 0 Å². The third kappa shape index (κ3) is 3.57. The van der Waals surface area contributed by atoms with Gasteiger partial charge in [-0.2, -0.15) is 0 Å². The highest BCUT2D eigenvalue weighted by Gasteiger charge is 2.11. The largest absolute Gasteiger partial charge is 0.263 e. The zero-order valence-corrected chi connectivity index (χ0v) is 8.72. The summed E-state index contributed by atoms with van der Waals surface area (Å²) in [6, 6.07) is 5.47. The Morgan fingerprint density at radius 1 is 1.00 bits per heavy atom. The van der Waals surface area contributed by atoms with Crippen LogP contribution >= 0.6 is 0 Å². The fourth-order valence-electron chi connectivity index (χ4n) is 1.40. The van der Waals surface area contributed by atoms with Gasteiger partial charge in [0.2, 0.25) is 0 Å². The minimum Gasteiger partial charge on any atom is -0.242 e. The average molecular weight is 216 g/mol. The lowest BCUT2D eigenvalue weighted by Gasteiger charge is -2.08. The van der Waals surface area contributed by atoms with Crippen molar-refractivity contribution in [2.45, 2.75) is 38.8 Å². The highest BCUT2D eigenvalue weighted by atomic mass is 19.3. The quantitative estimate of drug-likeness (QED) is 0.661. The van der Waals surface area contributed by atoms with Crippen LogP contribution in [0.25, 0.3) is 0 Å². The number of rotatable bonds is 5. The molecule has 0 aliphatic rings. The van der Waals surface area contributed by atoms with Crippen molar-refractivity contribution in [1.82, 2.24) is 0 Å². The number of alkyl halides is 3. The van der Waals surface area contributed by atoms with E-state index in [4.69, 9.17) is 0 Å². The molecule has 0 amide bonds. The summed E-state index contributed by atoms with van der Waals surface area (Å²) >= 11 is 0. The number of unbranched alkanes of at least 4 members (excludes halogenated alkanes) is 1. The lowest BCUT2D eigenvalue weighted by atomic mass is 10.0. The molecule has 0 bridgehead atoms. The van der Waals surface area contributed by atoms with Gasteiger partial charge in [-0.15, -0.1) is 0 Å². The highest BCUT2D eigenvalue weighted by molar-refractivity contribution is 5.24. The smallest absolute Gasteiger partial charge is 0.242 e. The van der Waals surface area contributed by atoms with E-state index in [1.54, 1.807) is 0 Å². The van der Waals surface area contributed by atoms with Crippen molar-refractivity contribution in [2.75, 3.05) is 0 Å². The van der Waals surface area contributed by atoms with Crippen LogP contribution in [0.4, 0.5) is 13.2 Å². The maximum Gasteiger partial charge on any atom is 0.263 e. The molecule has 0 radical (unpaired) electrons. The lowest BCUT2D eigenvalue weighted by Crippen LogP contribution is -1.93. The molecule has 84 valence electrons. The zero-order valence-electron chi connectivity index (χ0n) is 8.72. The summed E-state index contributed by atoms with van der Waals surface area (Å²) in [6.45, 7) is 1.99. The Kier molecular flexibility index (Phi) is 4.66. The first kappa shape index (κ1) is 12.1. The van der Waals surface area contributed by atoms with E-state index in [1.807, 2.05) is 6.92 Å². The molecule has 0 nitrogen and oxygen atoms in total. The van der Waals surface area contributed by atoms with Gasteiger partial charge < -0.3 is 0 Å². The van der Waals surface area contributed by atoms with Gasteiger partial charge in [-0.05, 0) is 12.0 Å². The number of benzene rings is 1. The molecular formula is C12H15F3. The molecule has 1 rings (SSSR count). The molecule has 1 aromatic rings. The summed E-state index contributed by atoms with van der Waals surface area (Å²) < 4.78 is 37.9. The van der Waals surface area contributed by atoms with E-state index in [1.165, 1.54) is 24.3 Å². The maximum absolute atomic E-state index is 13.5. The molecule has 0 heterocycles. The van der Waals surface area contributed by atoms with Crippen LogP contribution in [0.15, 0.2) is 24.3 Å². The maximum atomic E-state index is 13.5. The molecule has 0 saturated heterocycles. The predicted octanol–water partition coefficient (Wildman–Crippen LogP) is 4.83. The second-order valence-corrected chi connectivity index (χ2v) is 3.58. The predicted molar refractivity (Wildman–Crippen MR) is 54.8 cm³/mol. The summed E-state index contributed by atoms with van der Waals surface area (Å²) in [5.74, 6) is 0. The standard InChI is InChI=1S/C12H15F3/c1-2-3-4-11(13)9-5-7-10(8-6-9)12(14)15/h5-8,11-12H,2-4H2,1H3. The monoisotopic (exact) mass is 216 g/mol. The molecule has 1 unspecified atom stereocenters. The van der Waals surface area contributed by atoms with Gasteiger partial charge in [-0.3, -0.25) is 0 Å². The fourth-order valence-corrected chi connectivity index (χ4v) is 1.40. The minimum atomic E-state index is -2.48. The molecule has 0 aliphatic carbocycles. The molecule has 0 aliphatic heterocycles. The third-order valence-electron chi connectivity index (χ3n) is 2.36. The molecule has 3 heteroatoms. The molecule has 15 heavy (non-hydrogen) atoms. The van der Waals surface area contributed by atoms with Gasteiger partial charge >= 0.3 is 0 Å². The summed E-state index contributed by atoms with van der Waals surface area (Å²) in [7, 11) is 0. The summed E-state index contributed by atoms with van der Waals surface area (Å²) in [6.07, 6.45) is -1.29. The minimum absolute atomic E-state index is 0.0542. The van der Waals surface area contributed by atoms with Gasteiger partial charge in [0.15, 0.2) is 0 Å². The first-order chi connectivity index (χ1) is 7.15. The van der Waals surface area contributed by atoms with Crippen molar-refractivity contribution in [3.63, 3.8) is 0 Å². The zero-order chi connectivity index (χ0) is 11.3. The number of halogens is 3. The summed E-state index contributed by atoms with van der Waals surface area (Å²) in [4.78, 5) is 0. The van der Waals surface area contributed by atoms with Crippen molar-refractivity contribution in [2.24, 2.45) is 0 Å². The lowest BCUT2D eigenvalue weighted by molar-refractivity contribution is 0.151. The molecule has 0 spiro atoms. The van der Waals surface area contributed by atoms with E-state index in [0.29, 0.717) is 12.0 Å². The third-order valence-corrected chi connectivity index (χ3v) is 2.36. The average Bonchev–Trinajstić information content (AvgIpc) is 2.26. The Balaban J connectivity index is 2.62. The van der Waals surface area contributed by atoms with E-state index in [0.717, 1.165) is 12.8 Å². The van der Waals surface area contributed by atoms with Crippen LogP contribution in [-0.4, -0.2) is 0 Å². The molecule has 1 atom stereocenters. The van der Waals surface area contributed by atoms with Crippen LogP contribution in [0.2, 0.25) is 0 Å². The molecule has 0 saturated carbocycles. The van der Waals surface area contributed by atoms with Crippen molar-refractivity contribution in [3.8, 4) is 0 Å². The second-order valence-electron chi connectivity index (χ2n) is 3.58. The van der Waals surface area contributed by atoms with Crippen LogP contribution in [0.5, 0.6) is 0 Å². The second kappa shape index (κ2) is 5.79. The number of hydrogen-bond donors (Lipinski definition) is 0. The summed E-state index contributed by atoms with van der Waals surface area (Å²) in [5, 5.41) is 0. The van der Waals surface area contributed by atoms with Crippen LogP contribution in [0.3, 0.4) is 0 Å². The Bertz CT molecular complexity index is 279.